The first-order chi connectivity index (χ1) is 11.7. The molecule has 1 fully saturated rings. The molecule has 6 heteroatoms. The van der Waals surface area contributed by atoms with E-state index < -0.39 is 0 Å². The molecule has 2 aliphatic heterocycles. The predicted octanol–water partition coefficient (Wildman–Crippen LogP) is 3.11. The van der Waals surface area contributed by atoms with Crippen LogP contribution in [-0.4, -0.2) is 39.8 Å². The van der Waals surface area contributed by atoms with Crippen LogP contribution in [0, 0.1) is 6.92 Å². The minimum Gasteiger partial charge on any atom is -0.341 e. The highest BCUT2D eigenvalue weighted by molar-refractivity contribution is 8.00. The number of aryl methyl sites for hydroxylation is 2. The minimum absolute atomic E-state index is 0.0688. The van der Waals surface area contributed by atoms with Gasteiger partial charge < -0.3 is 9.42 Å². The van der Waals surface area contributed by atoms with Crippen LogP contribution in [0.2, 0.25) is 0 Å². The molecule has 2 atom stereocenters. The van der Waals surface area contributed by atoms with Crippen LogP contribution in [0.4, 0.5) is 0 Å². The van der Waals surface area contributed by atoms with E-state index in [1.54, 1.807) is 18.7 Å². The van der Waals surface area contributed by atoms with Gasteiger partial charge >= 0.3 is 0 Å². The fraction of sp³-hybridized carbons (Fsp3) is 0.500. The number of benzene rings is 1. The molecule has 2 aromatic rings. The Hall–Kier alpha value is -1.82. The van der Waals surface area contributed by atoms with Crippen LogP contribution in [0.25, 0.3) is 0 Å². The number of fused-ring (bicyclic) bond motifs is 1. The fourth-order valence-corrected chi connectivity index (χ4v) is 4.91. The number of hydrogen-bond donors (Lipinski definition) is 0. The molecule has 3 heterocycles. The van der Waals surface area contributed by atoms with Gasteiger partial charge in [-0.1, -0.05) is 29.4 Å². The summed E-state index contributed by atoms with van der Waals surface area (Å²) in [7, 11) is 0. The summed E-state index contributed by atoms with van der Waals surface area (Å²) in [5.74, 6) is 2.75. The maximum atomic E-state index is 13.1. The Kier molecular flexibility index (Phi) is 4.31. The first kappa shape index (κ1) is 15.7. The first-order valence-corrected chi connectivity index (χ1v) is 9.55. The third kappa shape index (κ3) is 2.95. The molecule has 5 nitrogen and oxygen atoms in total. The molecule has 1 amide bonds. The van der Waals surface area contributed by atoms with Gasteiger partial charge in [0.05, 0.1) is 0 Å². The molecule has 1 saturated heterocycles. The van der Waals surface area contributed by atoms with Crippen molar-refractivity contribution in [2.24, 2.45) is 0 Å². The van der Waals surface area contributed by atoms with E-state index in [1.165, 1.54) is 11.1 Å². The van der Waals surface area contributed by atoms with Crippen LogP contribution in [0.5, 0.6) is 0 Å². The lowest BCUT2D eigenvalue weighted by molar-refractivity contribution is -0.132. The zero-order valence-corrected chi connectivity index (χ0v) is 14.6. The zero-order chi connectivity index (χ0) is 16.5. The number of rotatable bonds is 2. The molecular weight excluding hydrogens is 322 g/mol. The zero-order valence-electron chi connectivity index (χ0n) is 13.8. The molecule has 1 aromatic heterocycles. The maximum absolute atomic E-state index is 13.1. The van der Waals surface area contributed by atoms with Crippen molar-refractivity contribution >= 4 is 17.7 Å². The fourth-order valence-electron chi connectivity index (χ4n) is 3.63. The molecule has 0 N–H and O–H groups in total. The van der Waals surface area contributed by atoms with Gasteiger partial charge in [0.2, 0.25) is 11.8 Å². The normalized spacial score (nSPS) is 23.8. The number of carbonyl (C=O) groups excluding carboxylic acids is 1. The van der Waals surface area contributed by atoms with E-state index in [4.69, 9.17) is 4.52 Å². The molecule has 0 bridgehead atoms. The van der Waals surface area contributed by atoms with Crippen LogP contribution < -0.4 is 0 Å². The highest BCUT2D eigenvalue weighted by atomic mass is 32.2. The van der Waals surface area contributed by atoms with Gasteiger partial charge in [0.25, 0.3) is 0 Å². The third-order valence-corrected chi connectivity index (χ3v) is 6.09. The summed E-state index contributed by atoms with van der Waals surface area (Å²) in [4.78, 5) is 19.5. The number of piperidine rings is 1. The van der Waals surface area contributed by atoms with Crippen molar-refractivity contribution in [3.63, 3.8) is 0 Å². The average Bonchev–Trinajstić information content (AvgIpc) is 3.07. The van der Waals surface area contributed by atoms with E-state index in [9.17, 15) is 4.79 Å². The highest BCUT2D eigenvalue weighted by Crippen LogP contribution is 2.39. The smallest absolute Gasteiger partial charge is 0.240 e. The quantitative estimate of drug-likeness (QED) is 0.838. The molecule has 1 aromatic carbocycles. The summed E-state index contributed by atoms with van der Waals surface area (Å²) in [5.41, 5.74) is 2.51. The van der Waals surface area contributed by atoms with Crippen LogP contribution in [0.15, 0.2) is 28.8 Å². The number of aromatic nitrogens is 2. The van der Waals surface area contributed by atoms with Crippen molar-refractivity contribution in [1.82, 2.24) is 15.0 Å². The SMILES string of the molecule is Cc1nc([C@@H]2CCCN(C(=O)[C@@H]3SCCc4ccccc43)C2)no1. The Bertz CT molecular complexity index is 745. The highest BCUT2D eigenvalue weighted by Gasteiger charge is 2.34. The Morgan fingerprint density at radius 3 is 3.08 bits per heavy atom. The summed E-state index contributed by atoms with van der Waals surface area (Å²) < 4.78 is 5.11. The van der Waals surface area contributed by atoms with Crippen LogP contribution in [0.3, 0.4) is 0 Å². The van der Waals surface area contributed by atoms with Gasteiger partial charge in [-0.2, -0.15) is 4.98 Å². The van der Waals surface area contributed by atoms with Crippen LogP contribution >= 0.6 is 11.8 Å². The molecule has 4 rings (SSSR count). The van der Waals surface area contributed by atoms with Gasteiger partial charge in [0.1, 0.15) is 5.25 Å². The molecule has 0 spiro atoms. The predicted molar refractivity (Wildman–Crippen MR) is 92.9 cm³/mol. The summed E-state index contributed by atoms with van der Waals surface area (Å²) in [5, 5.41) is 3.98. The summed E-state index contributed by atoms with van der Waals surface area (Å²) in [6.07, 6.45) is 3.05. The number of amides is 1. The average molecular weight is 343 g/mol. The van der Waals surface area contributed by atoms with E-state index in [1.807, 2.05) is 11.0 Å². The Labute approximate surface area is 145 Å². The molecule has 0 aliphatic carbocycles. The van der Waals surface area contributed by atoms with E-state index in [0.29, 0.717) is 12.4 Å². The van der Waals surface area contributed by atoms with Gasteiger partial charge in [0.15, 0.2) is 5.82 Å². The molecule has 0 saturated carbocycles. The van der Waals surface area contributed by atoms with E-state index in [-0.39, 0.29) is 17.1 Å². The summed E-state index contributed by atoms with van der Waals surface area (Å²) in [6, 6.07) is 8.35. The monoisotopic (exact) mass is 343 g/mol. The van der Waals surface area contributed by atoms with E-state index in [2.05, 4.69) is 28.3 Å². The maximum Gasteiger partial charge on any atom is 0.240 e. The summed E-state index contributed by atoms with van der Waals surface area (Å²) >= 11 is 1.77. The Morgan fingerprint density at radius 1 is 1.38 bits per heavy atom. The van der Waals surface area contributed by atoms with Gasteiger partial charge in [-0.15, -0.1) is 11.8 Å². The second-order valence-corrected chi connectivity index (χ2v) is 7.71. The largest absolute Gasteiger partial charge is 0.341 e. The van der Waals surface area contributed by atoms with Gasteiger partial charge in [0, 0.05) is 25.9 Å². The number of carbonyl (C=O) groups is 1. The number of hydrogen-bond acceptors (Lipinski definition) is 5. The lowest BCUT2D eigenvalue weighted by Gasteiger charge is -2.35. The van der Waals surface area contributed by atoms with Crippen molar-refractivity contribution in [1.29, 1.82) is 0 Å². The third-order valence-electron chi connectivity index (χ3n) is 4.86. The summed E-state index contributed by atoms with van der Waals surface area (Å²) in [6.45, 7) is 3.32. The van der Waals surface area contributed by atoms with Gasteiger partial charge in [-0.25, -0.2) is 0 Å². The standard InChI is InChI=1S/C18H21N3O2S/c1-12-19-17(20-23-12)14-6-4-9-21(11-14)18(22)16-15-7-3-2-5-13(15)8-10-24-16/h2-3,5,7,14,16H,4,6,8-11H2,1H3/t14-,16-/m1/s1. The second kappa shape index (κ2) is 6.59. The first-order valence-electron chi connectivity index (χ1n) is 8.51. The van der Waals surface area contributed by atoms with Crippen molar-refractivity contribution < 1.29 is 9.32 Å². The molecule has 2 aliphatic rings. The second-order valence-electron chi connectivity index (χ2n) is 6.49. The lowest BCUT2D eigenvalue weighted by Crippen LogP contribution is -2.42. The van der Waals surface area contributed by atoms with E-state index in [0.717, 1.165) is 37.4 Å². The van der Waals surface area contributed by atoms with Crippen molar-refractivity contribution in [2.45, 2.75) is 37.4 Å². The van der Waals surface area contributed by atoms with Crippen LogP contribution in [-0.2, 0) is 11.2 Å². The molecule has 24 heavy (non-hydrogen) atoms. The lowest BCUT2D eigenvalue weighted by atomic mass is 9.95. The number of likely N-dealkylation sites (tertiary alicyclic amines) is 1. The Balaban J connectivity index is 1.52. The molecule has 0 radical (unpaired) electrons. The van der Waals surface area contributed by atoms with Crippen molar-refractivity contribution in [3.05, 3.63) is 47.1 Å². The van der Waals surface area contributed by atoms with Crippen molar-refractivity contribution in [3.8, 4) is 0 Å². The number of nitrogens with zero attached hydrogens (tertiary/aromatic N) is 3. The van der Waals surface area contributed by atoms with Gasteiger partial charge in [-0.3, -0.25) is 4.79 Å². The topological polar surface area (TPSA) is 59.2 Å². The molecule has 0 unspecified atom stereocenters. The molecular formula is C18H21N3O2S. The van der Waals surface area contributed by atoms with Gasteiger partial charge in [-0.05, 0) is 36.1 Å². The molecule has 126 valence electrons. The van der Waals surface area contributed by atoms with Crippen molar-refractivity contribution in [2.75, 3.05) is 18.8 Å². The van der Waals surface area contributed by atoms with Crippen LogP contribution in [0.1, 0.15) is 46.9 Å². The minimum atomic E-state index is -0.0688. The Morgan fingerprint density at radius 2 is 2.25 bits per heavy atom. The number of thioether (sulfide) groups is 1. The van der Waals surface area contributed by atoms with E-state index >= 15 is 0 Å².